The van der Waals surface area contributed by atoms with Crippen molar-refractivity contribution in [3.05, 3.63) is 50.2 Å². The summed E-state index contributed by atoms with van der Waals surface area (Å²) in [5, 5.41) is 3.16. The molecular weight excluding hydrogens is 374 g/mol. The van der Waals surface area contributed by atoms with E-state index in [4.69, 9.17) is 11.6 Å². The molecule has 1 aromatic carbocycles. The third kappa shape index (κ3) is 2.97. The minimum Gasteiger partial charge on any atom is -0.336 e. The van der Waals surface area contributed by atoms with Gasteiger partial charge in [-0.3, -0.25) is 0 Å². The van der Waals surface area contributed by atoms with Crippen LogP contribution in [0.2, 0.25) is 5.02 Å². The first-order valence-corrected chi connectivity index (χ1v) is 6.56. The van der Waals surface area contributed by atoms with Crippen LogP contribution < -0.4 is 5.32 Å². The van der Waals surface area contributed by atoms with Gasteiger partial charge in [-0.05, 0) is 50.1 Å². The average Bonchev–Trinajstić information content (AvgIpc) is 2.26. The van der Waals surface area contributed by atoms with E-state index in [0.717, 1.165) is 8.95 Å². The van der Waals surface area contributed by atoms with Gasteiger partial charge in [0.15, 0.2) is 11.6 Å². The van der Waals surface area contributed by atoms with E-state index < -0.39 is 5.82 Å². The maximum Gasteiger partial charge on any atom is 0.167 e. The van der Waals surface area contributed by atoms with Gasteiger partial charge in [0.1, 0.15) is 0 Å². The normalized spacial score (nSPS) is 10.4. The monoisotopic (exact) mass is 378 g/mol. The van der Waals surface area contributed by atoms with Gasteiger partial charge in [-0.15, -0.1) is 0 Å². The minimum atomic E-state index is -0.500. The van der Waals surface area contributed by atoms with Crippen LogP contribution in [0.1, 0.15) is 0 Å². The molecular formula is C11H6Br2ClFN2. The molecule has 0 amide bonds. The Morgan fingerprint density at radius 3 is 2.47 bits per heavy atom. The van der Waals surface area contributed by atoms with Crippen LogP contribution in [0, 0.1) is 5.82 Å². The molecule has 1 heterocycles. The molecule has 0 aliphatic heterocycles. The summed E-state index contributed by atoms with van der Waals surface area (Å²) in [6, 6.07) is 6.77. The van der Waals surface area contributed by atoms with Gasteiger partial charge in [-0.2, -0.15) is 0 Å². The van der Waals surface area contributed by atoms with Crippen molar-refractivity contribution in [3.63, 3.8) is 0 Å². The van der Waals surface area contributed by atoms with Crippen molar-refractivity contribution >= 4 is 55.0 Å². The summed E-state index contributed by atoms with van der Waals surface area (Å²) in [7, 11) is 0. The second kappa shape index (κ2) is 5.33. The molecule has 2 aromatic rings. The Bertz CT molecular complexity index is 543. The summed E-state index contributed by atoms with van der Waals surface area (Å²) >= 11 is 12.4. The smallest absolute Gasteiger partial charge is 0.167 e. The zero-order chi connectivity index (χ0) is 12.4. The molecule has 0 aliphatic rings. The first kappa shape index (κ1) is 12.8. The molecule has 2 nitrogen and oxygen atoms in total. The van der Waals surface area contributed by atoms with Gasteiger partial charge in [0.05, 0.1) is 10.7 Å². The Labute approximate surface area is 119 Å². The van der Waals surface area contributed by atoms with Gasteiger partial charge in [-0.1, -0.05) is 17.7 Å². The Balaban J connectivity index is 2.38. The molecule has 1 aromatic heterocycles. The molecule has 6 heteroatoms. The van der Waals surface area contributed by atoms with Gasteiger partial charge in [0, 0.05) is 15.1 Å². The van der Waals surface area contributed by atoms with Crippen molar-refractivity contribution in [2.24, 2.45) is 0 Å². The molecule has 0 unspecified atom stereocenters. The standard InChI is InChI=1S/C11H6Br2ClFN2/c12-7-2-1-3-8(13)10(7)17-11-9(15)4-6(14)5-16-11/h1-5H,(H,16,17). The van der Waals surface area contributed by atoms with Crippen molar-refractivity contribution in [1.82, 2.24) is 4.98 Å². The summed E-state index contributed by atoms with van der Waals surface area (Å²) in [4.78, 5) is 3.90. The minimum absolute atomic E-state index is 0.127. The Hall–Kier alpha value is -0.650. The summed E-state index contributed by atoms with van der Waals surface area (Å²) in [5.74, 6) is -0.373. The van der Waals surface area contributed by atoms with Crippen LogP contribution in [0.4, 0.5) is 15.9 Å². The quantitative estimate of drug-likeness (QED) is 0.780. The Morgan fingerprint density at radius 2 is 1.88 bits per heavy atom. The second-order valence-corrected chi connectivity index (χ2v) is 5.35. The van der Waals surface area contributed by atoms with Crippen molar-refractivity contribution in [3.8, 4) is 0 Å². The fraction of sp³-hybridized carbons (Fsp3) is 0. The highest BCUT2D eigenvalue weighted by Gasteiger charge is 2.09. The summed E-state index contributed by atoms with van der Waals surface area (Å²) < 4.78 is 15.2. The number of hydrogen-bond acceptors (Lipinski definition) is 2. The first-order chi connectivity index (χ1) is 8.08. The topological polar surface area (TPSA) is 24.9 Å². The van der Waals surface area contributed by atoms with Gasteiger partial charge in [-0.25, -0.2) is 9.37 Å². The molecule has 0 atom stereocenters. The number of pyridine rings is 1. The lowest BCUT2D eigenvalue weighted by Gasteiger charge is -2.10. The number of hydrogen-bond donors (Lipinski definition) is 1. The van der Waals surface area contributed by atoms with E-state index in [1.165, 1.54) is 12.3 Å². The zero-order valence-corrected chi connectivity index (χ0v) is 12.3. The summed E-state index contributed by atoms with van der Waals surface area (Å²) in [5.41, 5.74) is 0.709. The molecule has 0 aliphatic carbocycles. The highest BCUT2D eigenvalue weighted by atomic mass is 79.9. The average molecular weight is 380 g/mol. The third-order valence-corrected chi connectivity index (χ3v) is 3.54. The van der Waals surface area contributed by atoms with Crippen LogP contribution in [0.5, 0.6) is 0 Å². The van der Waals surface area contributed by atoms with Gasteiger partial charge in [0.25, 0.3) is 0 Å². The molecule has 0 spiro atoms. The number of nitrogens with one attached hydrogen (secondary N) is 1. The predicted octanol–water partition coefficient (Wildman–Crippen LogP) is 5.14. The van der Waals surface area contributed by atoms with Crippen LogP contribution >= 0.6 is 43.5 Å². The number of para-hydroxylation sites is 1. The fourth-order valence-corrected chi connectivity index (χ4v) is 2.58. The number of nitrogens with zero attached hydrogens (tertiary/aromatic N) is 1. The molecule has 0 saturated carbocycles. The van der Waals surface area contributed by atoms with Crippen LogP contribution in [0.3, 0.4) is 0 Å². The third-order valence-electron chi connectivity index (χ3n) is 2.01. The lowest BCUT2D eigenvalue weighted by Crippen LogP contribution is -1.98. The largest absolute Gasteiger partial charge is 0.336 e. The number of rotatable bonds is 2. The SMILES string of the molecule is Fc1cc(Cl)cnc1Nc1c(Br)cccc1Br. The lowest BCUT2D eigenvalue weighted by molar-refractivity contribution is 0.626. The number of benzene rings is 1. The zero-order valence-electron chi connectivity index (χ0n) is 8.35. The molecule has 1 N–H and O–H groups in total. The van der Waals surface area contributed by atoms with Gasteiger partial charge >= 0.3 is 0 Å². The Morgan fingerprint density at radius 1 is 1.24 bits per heavy atom. The van der Waals surface area contributed by atoms with Crippen LogP contribution in [-0.2, 0) is 0 Å². The maximum absolute atomic E-state index is 13.6. The molecule has 0 fully saturated rings. The van der Waals surface area contributed by atoms with Crippen molar-refractivity contribution in [1.29, 1.82) is 0 Å². The van der Waals surface area contributed by atoms with E-state index in [-0.39, 0.29) is 10.8 Å². The van der Waals surface area contributed by atoms with E-state index in [0.29, 0.717) is 5.69 Å². The molecule has 17 heavy (non-hydrogen) atoms. The van der Waals surface area contributed by atoms with E-state index in [9.17, 15) is 4.39 Å². The van der Waals surface area contributed by atoms with Crippen LogP contribution in [0.25, 0.3) is 0 Å². The molecule has 0 saturated heterocycles. The van der Waals surface area contributed by atoms with E-state index in [1.54, 1.807) is 0 Å². The van der Waals surface area contributed by atoms with E-state index in [2.05, 4.69) is 42.2 Å². The second-order valence-electron chi connectivity index (χ2n) is 3.21. The van der Waals surface area contributed by atoms with Crippen LogP contribution in [-0.4, -0.2) is 4.98 Å². The van der Waals surface area contributed by atoms with Crippen LogP contribution in [0.15, 0.2) is 39.4 Å². The molecule has 0 bridgehead atoms. The molecule has 88 valence electrons. The maximum atomic E-state index is 13.6. The number of aromatic nitrogens is 1. The van der Waals surface area contributed by atoms with E-state index >= 15 is 0 Å². The highest BCUT2D eigenvalue weighted by molar-refractivity contribution is 9.11. The first-order valence-electron chi connectivity index (χ1n) is 4.60. The van der Waals surface area contributed by atoms with E-state index in [1.807, 2.05) is 18.2 Å². The van der Waals surface area contributed by atoms with Crippen molar-refractivity contribution in [2.45, 2.75) is 0 Å². The van der Waals surface area contributed by atoms with Gasteiger partial charge in [0.2, 0.25) is 0 Å². The lowest BCUT2D eigenvalue weighted by atomic mass is 10.3. The Kier molecular flexibility index (Phi) is 4.01. The van der Waals surface area contributed by atoms with Gasteiger partial charge < -0.3 is 5.32 Å². The van der Waals surface area contributed by atoms with Crippen molar-refractivity contribution < 1.29 is 4.39 Å². The highest BCUT2D eigenvalue weighted by Crippen LogP contribution is 2.33. The predicted molar refractivity (Wildman–Crippen MR) is 74.3 cm³/mol. The summed E-state index contributed by atoms with van der Waals surface area (Å²) in [6.45, 7) is 0. The van der Waals surface area contributed by atoms with Crippen molar-refractivity contribution in [2.75, 3.05) is 5.32 Å². The number of halogens is 4. The molecule has 2 rings (SSSR count). The fourth-order valence-electron chi connectivity index (χ4n) is 1.24. The molecule has 0 radical (unpaired) electrons. The number of anilines is 2. The summed E-state index contributed by atoms with van der Waals surface area (Å²) in [6.07, 6.45) is 1.39.